The number of carbonyl (C=O) groups excluding carboxylic acids is 1. The van der Waals surface area contributed by atoms with Gasteiger partial charge in [-0.05, 0) is 18.6 Å². The molecule has 0 aromatic heterocycles. The molecule has 0 saturated carbocycles. The van der Waals surface area contributed by atoms with Crippen molar-refractivity contribution < 1.29 is 23.1 Å². The fraction of sp³-hybridized carbons (Fsp3) is 0.429. The molecule has 21 heavy (non-hydrogen) atoms. The summed E-state index contributed by atoms with van der Waals surface area (Å²) in [4.78, 5) is 24.4. The lowest BCUT2D eigenvalue weighted by molar-refractivity contribution is -0.148. The number of amides is 1. The minimum absolute atomic E-state index is 0.0686. The number of carbonyl (C=O) groups is 2. The van der Waals surface area contributed by atoms with Crippen LogP contribution in [0.4, 0.5) is 0 Å². The van der Waals surface area contributed by atoms with Gasteiger partial charge < -0.3 is 10.0 Å². The van der Waals surface area contributed by atoms with Crippen LogP contribution in [0.15, 0.2) is 35.2 Å². The van der Waals surface area contributed by atoms with Crippen molar-refractivity contribution in [2.45, 2.75) is 36.0 Å². The molecule has 0 radical (unpaired) electrons. The van der Waals surface area contributed by atoms with E-state index in [1.165, 1.54) is 12.1 Å². The number of nitrogens with zero attached hydrogens (tertiary/aromatic N) is 1. The molecule has 1 N–H and O–H groups in total. The van der Waals surface area contributed by atoms with Gasteiger partial charge in [-0.2, -0.15) is 0 Å². The Morgan fingerprint density at radius 3 is 2.43 bits per heavy atom. The molecule has 1 aromatic rings. The number of carboxylic acids is 1. The fourth-order valence-electron chi connectivity index (χ4n) is 2.54. The number of hydrogen-bond donors (Lipinski definition) is 1. The van der Waals surface area contributed by atoms with E-state index in [4.69, 9.17) is 0 Å². The Bertz CT molecular complexity index is 641. The number of benzene rings is 1. The normalized spacial score (nSPS) is 22.2. The van der Waals surface area contributed by atoms with Gasteiger partial charge in [0.2, 0.25) is 5.91 Å². The Morgan fingerprint density at radius 2 is 1.90 bits per heavy atom. The SMILES string of the molecule is CCC(=O)N1C[C@H](S(=O)(=O)c2ccccc2)C[C@H]1C(=O)O. The lowest BCUT2D eigenvalue weighted by atomic mass is 10.2. The molecule has 1 aliphatic heterocycles. The van der Waals surface area contributed by atoms with Crippen molar-refractivity contribution in [1.29, 1.82) is 0 Å². The van der Waals surface area contributed by atoms with Gasteiger partial charge in [-0.15, -0.1) is 0 Å². The quantitative estimate of drug-likeness (QED) is 0.893. The first-order valence-corrected chi connectivity index (χ1v) is 8.23. The summed E-state index contributed by atoms with van der Waals surface area (Å²) in [6.07, 6.45) is 0.0835. The third-order valence-electron chi connectivity index (χ3n) is 3.68. The lowest BCUT2D eigenvalue weighted by Crippen LogP contribution is -2.40. The van der Waals surface area contributed by atoms with Crippen LogP contribution < -0.4 is 0 Å². The Labute approximate surface area is 123 Å². The average molecular weight is 311 g/mol. The van der Waals surface area contributed by atoms with Crippen molar-refractivity contribution in [2.24, 2.45) is 0 Å². The summed E-state index contributed by atoms with van der Waals surface area (Å²) in [5.74, 6) is -1.50. The molecule has 1 heterocycles. The van der Waals surface area contributed by atoms with Gasteiger partial charge in [0.1, 0.15) is 6.04 Å². The minimum Gasteiger partial charge on any atom is -0.480 e. The van der Waals surface area contributed by atoms with Crippen molar-refractivity contribution >= 4 is 21.7 Å². The molecule has 7 heteroatoms. The Morgan fingerprint density at radius 1 is 1.29 bits per heavy atom. The van der Waals surface area contributed by atoms with Gasteiger partial charge in [0.05, 0.1) is 10.1 Å². The number of sulfone groups is 1. The smallest absolute Gasteiger partial charge is 0.326 e. The predicted octanol–water partition coefficient (Wildman–Crippen LogP) is 0.924. The summed E-state index contributed by atoms with van der Waals surface area (Å²) in [5, 5.41) is 8.32. The molecule has 0 bridgehead atoms. The van der Waals surface area contributed by atoms with Crippen LogP contribution in [0.1, 0.15) is 19.8 Å². The van der Waals surface area contributed by atoms with Gasteiger partial charge in [0.15, 0.2) is 9.84 Å². The number of rotatable bonds is 4. The second-order valence-corrected chi connectivity index (χ2v) is 7.20. The maximum atomic E-state index is 12.5. The van der Waals surface area contributed by atoms with Crippen LogP contribution in [-0.4, -0.2) is 48.1 Å². The second kappa shape index (κ2) is 5.85. The summed E-state index contributed by atoms with van der Waals surface area (Å²) in [6.45, 7) is 1.56. The van der Waals surface area contributed by atoms with E-state index in [2.05, 4.69) is 0 Å². The number of aliphatic carboxylic acids is 1. The van der Waals surface area contributed by atoms with Gasteiger partial charge in [-0.3, -0.25) is 4.79 Å². The number of likely N-dealkylation sites (tertiary alicyclic amines) is 1. The van der Waals surface area contributed by atoms with E-state index in [-0.39, 0.29) is 30.2 Å². The maximum Gasteiger partial charge on any atom is 0.326 e. The molecule has 2 atom stereocenters. The zero-order valence-corrected chi connectivity index (χ0v) is 12.4. The van der Waals surface area contributed by atoms with E-state index in [0.717, 1.165) is 4.90 Å². The highest BCUT2D eigenvalue weighted by atomic mass is 32.2. The minimum atomic E-state index is -3.64. The average Bonchev–Trinajstić information content (AvgIpc) is 2.93. The molecule has 0 unspecified atom stereocenters. The van der Waals surface area contributed by atoms with Crippen molar-refractivity contribution in [2.75, 3.05) is 6.54 Å². The lowest BCUT2D eigenvalue weighted by Gasteiger charge is -2.20. The Hall–Kier alpha value is -1.89. The van der Waals surface area contributed by atoms with Crippen molar-refractivity contribution in [3.05, 3.63) is 30.3 Å². The molecule has 0 aliphatic carbocycles. The van der Waals surface area contributed by atoms with Gasteiger partial charge in [-0.1, -0.05) is 25.1 Å². The summed E-state index contributed by atoms with van der Waals surface area (Å²) in [7, 11) is -3.64. The highest BCUT2D eigenvalue weighted by molar-refractivity contribution is 7.92. The molecule has 6 nitrogen and oxygen atoms in total. The first-order chi connectivity index (χ1) is 9.87. The maximum absolute atomic E-state index is 12.5. The highest BCUT2D eigenvalue weighted by Crippen LogP contribution is 2.28. The first kappa shape index (κ1) is 15.5. The molecular weight excluding hydrogens is 294 g/mol. The van der Waals surface area contributed by atoms with E-state index in [0.29, 0.717) is 0 Å². The van der Waals surface area contributed by atoms with Crippen molar-refractivity contribution in [3.63, 3.8) is 0 Å². The van der Waals surface area contributed by atoms with Gasteiger partial charge in [0, 0.05) is 13.0 Å². The molecule has 2 rings (SSSR count). The van der Waals surface area contributed by atoms with Crippen molar-refractivity contribution in [3.8, 4) is 0 Å². The molecule has 1 saturated heterocycles. The Kier molecular flexibility index (Phi) is 4.32. The van der Waals surface area contributed by atoms with E-state index < -0.39 is 27.1 Å². The summed E-state index contributed by atoms with van der Waals surface area (Å²) < 4.78 is 25.1. The van der Waals surface area contributed by atoms with Crippen molar-refractivity contribution in [1.82, 2.24) is 4.90 Å². The van der Waals surface area contributed by atoms with E-state index >= 15 is 0 Å². The molecular formula is C14H17NO5S. The summed E-state index contributed by atoms with van der Waals surface area (Å²) >= 11 is 0. The molecule has 114 valence electrons. The monoisotopic (exact) mass is 311 g/mol. The highest BCUT2D eigenvalue weighted by Gasteiger charge is 2.44. The predicted molar refractivity (Wildman–Crippen MR) is 75.5 cm³/mol. The van der Waals surface area contributed by atoms with Crippen LogP contribution in [0, 0.1) is 0 Å². The van der Waals surface area contributed by atoms with Gasteiger partial charge in [0.25, 0.3) is 0 Å². The number of carboxylic acid groups (broad SMARTS) is 1. The standard InChI is InChI=1S/C14H17NO5S/c1-2-13(16)15-9-11(8-12(15)14(17)18)21(19,20)10-6-4-3-5-7-10/h3-7,11-12H,2,8-9H2,1H3,(H,17,18)/t11-,12+/m1/s1. The van der Waals surface area contributed by atoms with E-state index in [9.17, 15) is 23.1 Å². The third kappa shape index (κ3) is 2.92. The summed E-state index contributed by atoms with van der Waals surface area (Å²) in [5.41, 5.74) is 0. The zero-order valence-electron chi connectivity index (χ0n) is 11.6. The van der Waals surface area contributed by atoms with Crippen LogP contribution >= 0.6 is 0 Å². The third-order valence-corrected chi connectivity index (χ3v) is 5.83. The molecule has 1 aliphatic rings. The summed E-state index contributed by atoms with van der Waals surface area (Å²) in [6, 6.07) is 6.84. The largest absolute Gasteiger partial charge is 0.480 e. The zero-order chi connectivity index (χ0) is 15.6. The number of hydrogen-bond acceptors (Lipinski definition) is 4. The Balaban J connectivity index is 2.31. The van der Waals surface area contributed by atoms with Crippen LogP contribution in [0.5, 0.6) is 0 Å². The van der Waals surface area contributed by atoms with Crippen LogP contribution in [0.3, 0.4) is 0 Å². The van der Waals surface area contributed by atoms with Crippen LogP contribution in [-0.2, 0) is 19.4 Å². The molecule has 0 spiro atoms. The van der Waals surface area contributed by atoms with Crippen LogP contribution in [0.2, 0.25) is 0 Å². The van der Waals surface area contributed by atoms with E-state index in [1.807, 2.05) is 0 Å². The molecule has 1 fully saturated rings. The van der Waals surface area contributed by atoms with Gasteiger partial charge in [-0.25, -0.2) is 13.2 Å². The van der Waals surface area contributed by atoms with Gasteiger partial charge >= 0.3 is 5.97 Å². The first-order valence-electron chi connectivity index (χ1n) is 6.69. The molecule has 1 amide bonds. The fourth-order valence-corrected chi connectivity index (χ4v) is 4.25. The topological polar surface area (TPSA) is 91.8 Å². The van der Waals surface area contributed by atoms with E-state index in [1.54, 1.807) is 25.1 Å². The van der Waals surface area contributed by atoms with Crippen LogP contribution in [0.25, 0.3) is 0 Å². The molecule has 1 aromatic carbocycles. The second-order valence-electron chi connectivity index (χ2n) is 4.97.